The second-order valence-corrected chi connectivity index (χ2v) is 5.62. The molecule has 0 unspecified atom stereocenters. The molecule has 0 radical (unpaired) electrons. The van der Waals surface area contributed by atoms with Crippen LogP contribution < -0.4 is 5.32 Å². The molecule has 2 aromatic rings. The van der Waals surface area contributed by atoms with Crippen LogP contribution in [-0.4, -0.2) is 21.1 Å². The van der Waals surface area contributed by atoms with Crippen LogP contribution in [-0.2, 0) is 6.54 Å². The molecule has 19 heavy (non-hydrogen) atoms. The summed E-state index contributed by atoms with van der Waals surface area (Å²) in [6, 6.07) is 1.99. The Kier molecular flexibility index (Phi) is 4.91. The van der Waals surface area contributed by atoms with Gasteiger partial charge in [0.2, 0.25) is 0 Å². The molecular formula is C15H24N4. The highest BCUT2D eigenvalue weighted by Gasteiger charge is 2.00. The molecule has 4 heteroatoms. The van der Waals surface area contributed by atoms with Gasteiger partial charge >= 0.3 is 0 Å². The van der Waals surface area contributed by atoms with E-state index in [0.29, 0.717) is 0 Å². The summed E-state index contributed by atoms with van der Waals surface area (Å²) in [4.78, 5) is 4.40. The standard InChI is InChI=1S/C15H24N4/c1-12(2)6-4-5-7-16-9-14-10-17-15-8-13(3)18-19(15)11-14/h8,10-12,16H,4-7,9H2,1-3H3. The molecule has 0 aliphatic rings. The molecule has 4 nitrogen and oxygen atoms in total. The minimum absolute atomic E-state index is 0.815. The van der Waals surface area contributed by atoms with E-state index >= 15 is 0 Å². The molecule has 2 aromatic heterocycles. The molecule has 2 heterocycles. The lowest BCUT2D eigenvalue weighted by molar-refractivity contribution is 0.520. The molecule has 0 fully saturated rings. The Bertz CT molecular complexity index is 516. The van der Waals surface area contributed by atoms with Gasteiger partial charge in [-0.25, -0.2) is 9.50 Å². The quantitative estimate of drug-likeness (QED) is 0.778. The van der Waals surface area contributed by atoms with Gasteiger partial charge in [-0.05, 0) is 25.8 Å². The molecule has 0 aromatic carbocycles. The largest absolute Gasteiger partial charge is 0.313 e. The number of aryl methyl sites for hydroxylation is 1. The van der Waals surface area contributed by atoms with E-state index < -0.39 is 0 Å². The first kappa shape index (κ1) is 14.0. The zero-order chi connectivity index (χ0) is 13.7. The fourth-order valence-corrected chi connectivity index (χ4v) is 2.16. The summed E-state index contributed by atoms with van der Waals surface area (Å²) in [5.41, 5.74) is 3.10. The summed E-state index contributed by atoms with van der Waals surface area (Å²) in [6.45, 7) is 8.48. The Morgan fingerprint density at radius 1 is 1.32 bits per heavy atom. The maximum Gasteiger partial charge on any atom is 0.155 e. The van der Waals surface area contributed by atoms with E-state index in [-0.39, 0.29) is 0 Å². The Morgan fingerprint density at radius 2 is 2.16 bits per heavy atom. The molecule has 104 valence electrons. The summed E-state index contributed by atoms with van der Waals surface area (Å²) < 4.78 is 1.85. The first-order chi connectivity index (χ1) is 9.15. The van der Waals surface area contributed by atoms with Crippen molar-refractivity contribution in [2.45, 2.75) is 46.6 Å². The van der Waals surface area contributed by atoms with Gasteiger partial charge in [-0.2, -0.15) is 5.10 Å². The van der Waals surface area contributed by atoms with Crippen LogP contribution >= 0.6 is 0 Å². The lowest BCUT2D eigenvalue weighted by Crippen LogP contribution is -2.15. The summed E-state index contributed by atoms with van der Waals surface area (Å²) in [6.07, 6.45) is 7.85. The second kappa shape index (κ2) is 6.66. The van der Waals surface area contributed by atoms with E-state index in [4.69, 9.17) is 0 Å². The predicted octanol–water partition coefficient (Wildman–Crippen LogP) is 2.95. The van der Waals surface area contributed by atoms with Crippen molar-refractivity contribution in [3.05, 3.63) is 29.7 Å². The van der Waals surface area contributed by atoms with Crippen LogP contribution in [0.15, 0.2) is 18.5 Å². The zero-order valence-electron chi connectivity index (χ0n) is 12.2. The van der Waals surface area contributed by atoms with Gasteiger partial charge in [-0.3, -0.25) is 0 Å². The molecule has 0 amide bonds. The minimum Gasteiger partial charge on any atom is -0.313 e. The lowest BCUT2D eigenvalue weighted by Gasteiger charge is -2.06. The van der Waals surface area contributed by atoms with Crippen molar-refractivity contribution in [1.29, 1.82) is 0 Å². The third-order valence-corrected chi connectivity index (χ3v) is 3.20. The van der Waals surface area contributed by atoms with Crippen LogP contribution in [0.5, 0.6) is 0 Å². The van der Waals surface area contributed by atoms with Crippen molar-refractivity contribution in [3.63, 3.8) is 0 Å². The number of hydrogen-bond acceptors (Lipinski definition) is 3. The highest BCUT2D eigenvalue weighted by molar-refractivity contribution is 5.38. The van der Waals surface area contributed by atoms with Crippen LogP contribution in [0.25, 0.3) is 5.65 Å². The third kappa shape index (κ3) is 4.31. The van der Waals surface area contributed by atoms with E-state index in [9.17, 15) is 0 Å². The molecule has 0 aliphatic heterocycles. The highest BCUT2D eigenvalue weighted by Crippen LogP contribution is 2.06. The smallest absolute Gasteiger partial charge is 0.155 e. The Balaban J connectivity index is 1.75. The van der Waals surface area contributed by atoms with Crippen molar-refractivity contribution in [2.24, 2.45) is 5.92 Å². The number of aromatic nitrogens is 3. The Hall–Kier alpha value is -1.42. The van der Waals surface area contributed by atoms with Crippen molar-refractivity contribution in [1.82, 2.24) is 19.9 Å². The van der Waals surface area contributed by atoms with Crippen LogP contribution in [0.1, 0.15) is 44.4 Å². The van der Waals surface area contributed by atoms with Crippen LogP contribution in [0.3, 0.4) is 0 Å². The van der Waals surface area contributed by atoms with Gasteiger partial charge in [0.05, 0.1) is 5.69 Å². The van der Waals surface area contributed by atoms with Crippen LogP contribution in [0.4, 0.5) is 0 Å². The van der Waals surface area contributed by atoms with Gasteiger partial charge in [0.25, 0.3) is 0 Å². The average molecular weight is 260 g/mol. The molecule has 0 spiro atoms. The fourth-order valence-electron chi connectivity index (χ4n) is 2.16. The Morgan fingerprint density at radius 3 is 2.95 bits per heavy atom. The van der Waals surface area contributed by atoms with Crippen LogP contribution in [0, 0.1) is 12.8 Å². The Labute approximate surface area is 115 Å². The fraction of sp³-hybridized carbons (Fsp3) is 0.600. The van der Waals surface area contributed by atoms with E-state index in [1.165, 1.54) is 24.8 Å². The zero-order valence-corrected chi connectivity index (χ0v) is 12.2. The number of nitrogens with one attached hydrogen (secondary N) is 1. The van der Waals surface area contributed by atoms with Crippen molar-refractivity contribution < 1.29 is 0 Å². The SMILES string of the molecule is Cc1cc2ncc(CNCCCCC(C)C)cn2n1. The maximum absolute atomic E-state index is 4.40. The normalized spacial score (nSPS) is 11.6. The number of unbranched alkanes of at least 4 members (excludes halogenated alkanes) is 1. The van der Waals surface area contributed by atoms with Gasteiger partial charge in [-0.15, -0.1) is 0 Å². The lowest BCUT2D eigenvalue weighted by atomic mass is 10.1. The molecular weight excluding hydrogens is 236 g/mol. The number of hydrogen-bond donors (Lipinski definition) is 1. The van der Waals surface area contributed by atoms with Crippen LogP contribution in [0.2, 0.25) is 0 Å². The van der Waals surface area contributed by atoms with Crippen molar-refractivity contribution in [2.75, 3.05) is 6.54 Å². The van der Waals surface area contributed by atoms with E-state index in [1.807, 2.05) is 23.7 Å². The number of rotatable bonds is 7. The van der Waals surface area contributed by atoms with Crippen molar-refractivity contribution in [3.8, 4) is 0 Å². The first-order valence-corrected chi connectivity index (χ1v) is 7.17. The minimum atomic E-state index is 0.815. The predicted molar refractivity (Wildman–Crippen MR) is 78.1 cm³/mol. The summed E-state index contributed by atoms with van der Waals surface area (Å²) >= 11 is 0. The van der Waals surface area contributed by atoms with E-state index in [2.05, 4.69) is 35.4 Å². The van der Waals surface area contributed by atoms with Gasteiger partial charge in [-0.1, -0.05) is 26.7 Å². The topological polar surface area (TPSA) is 42.2 Å². The maximum atomic E-state index is 4.40. The number of nitrogens with zero attached hydrogens (tertiary/aromatic N) is 3. The summed E-state index contributed by atoms with van der Waals surface area (Å²) in [7, 11) is 0. The molecule has 1 N–H and O–H groups in total. The van der Waals surface area contributed by atoms with Gasteiger partial charge in [0, 0.05) is 30.6 Å². The average Bonchev–Trinajstić information content (AvgIpc) is 2.72. The van der Waals surface area contributed by atoms with E-state index in [1.54, 1.807) is 0 Å². The monoisotopic (exact) mass is 260 g/mol. The summed E-state index contributed by atoms with van der Waals surface area (Å²) in [5.74, 6) is 0.815. The second-order valence-electron chi connectivity index (χ2n) is 5.62. The van der Waals surface area contributed by atoms with Gasteiger partial charge < -0.3 is 5.32 Å². The molecule has 0 saturated carbocycles. The highest BCUT2D eigenvalue weighted by atomic mass is 15.2. The van der Waals surface area contributed by atoms with E-state index in [0.717, 1.165) is 30.3 Å². The molecule has 0 atom stereocenters. The summed E-state index contributed by atoms with van der Waals surface area (Å²) in [5, 5.41) is 7.84. The molecule has 0 saturated heterocycles. The third-order valence-electron chi connectivity index (χ3n) is 3.20. The van der Waals surface area contributed by atoms with Gasteiger partial charge in [0.15, 0.2) is 5.65 Å². The van der Waals surface area contributed by atoms with Crippen molar-refractivity contribution >= 4 is 5.65 Å². The molecule has 0 bridgehead atoms. The molecule has 0 aliphatic carbocycles. The number of fused-ring (bicyclic) bond motifs is 1. The van der Waals surface area contributed by atoms with Gasteiger partial charge in [0.1, 0.15) is 0 Å². The molecule has 2 rings (SSSR count). The first-order valence-electron chi connectivity index (χ1n) is 7.17.